The van der Waals surface area contributed by atoms with Gasteiger partial charge in [0.25, 0.3) is 0 Å². The van der Waals surface area contributed by atoms with Crippen molar-refractivity contribution in [3.05, 3.63) is 35.9 Å². The number of benzene rings is 1. The van der Waals surface area contributed by atoms with E-state index >= 15 is 0 Å². The van der Waals surface area contributed by atoms with Crippen LogP contribution in [0.2, 0.25) is 0 Å². The first-order valence-corrected chi connectivity index (χ1v) is 7.88. The third kappa shape index (κ3) is 3.51. The van der Waals surface area contributed by atoms with Gasteiger partial charge >= 0.3 is 6.09 Å². The number of hydrogen-bond acceptors (Lipinski definition) is 4. The summed E-state index contributed by atoms with van der Waals surface area (Å²) in [5, 5.41) is 10.9. The van der Waals surface area contributed by atoms with Crippen LogP contribution in [0.4, 0.5) is 4.79 Å². The first-order valence-electron chi connectivity index (χ1n) is 7.88. The standard InChI is InChI=1S/C18H27NO4/c1-16(2,3)23-15(21)19-17(4,5)22-12-18(19,6)14(20)13-10-8-7-9-11-13/h7-11,14,20H,12H2,1-6H3/t14-,18+/m0/s1. The van der Waals surface area contributed by atoms with E-state index in [1.165, 1.54) is 4.90 Å². The zero-order valence-electron chi connectivity index (χ0n) is 14.8. The number of rotatable bonds is 2. The molecular formula is C18H27NO4. The quantitative estimate of drug-likeness (QED) is 0.906. The fourth-order valence-electron chi connectivity index (χ4n) is 3.00. The fourth-order valence-corrected chi connectivity index (χ4v) is 3.00. The number of amides is 1. The number of nitrogens with zero attached hydrogens (tertiary/aromatic N) is 1. The molecule has 0 unspecified atom stereocenters. The second kappa shape index (κ2) is 5.80. The Bertz CT molecular complexity index is 564. The van der Waals surface area contributed by atoms with Crippen molar-refractivity contribution >= 4 is 6.09 Å². The Labute approximate surface area is 138 Å². The summed E-state index contributed by atoms with van der Waals surface area (Å²) in [6.45, 7) is 11.1. The van der Waals surface area contributed by atoms with Crippen LogP contribution in [0.25, 0.3) is 0 Å². The zero-order chi connectivity index (χ0) is 17.5. The SMILES string of the molecule is CC(C)(C)OC(=O)N1C(C)(C)OC[C@]1(C)[C@@H](O)c1ccccc1. The molecule has 128 valence electrons. The van der Waals surface area contributed by atoms with Crippen molar-refractivity contribution in [2.75, 3.05) is 6.61 Å². The molecule has 1 aliphatic rings. The highest BCUT2D eigenvalue weighted by atomic mass is 16.6. The van der Waals surface area contributed by atoms with Crippen LogP contribution in [0.15, 0.2) is 30.3 Å². The molecule has 1 aliphatic heterocycles. The molecule has 1 aromatic carbocycles. The van der Waals surface area contributed by atoms with E-state index in [1.807, 2.05) is 58.0 Å². The van der Waals surface area contributed by atoms with E-state index in [0.29, 0.717) is 0 Å². The van der Waals surface area contributed by atoms with Gasteiger partial charge in [-0.2, -0.15) is 0 Å². The minimum Gasteiger partial charge on any atom is -0.444 e. The molecule has 23 heavy (non-hydrogen) atoms. The minimum absolute atomic E-state index is 0.231. The Morgan fingerprint density at radius 3 is 2.35 bits per heavy atom. The molecule has 1 amide bonds. The molecular weight excluding hydrogens is 294 g/mol. The summed E-state index contributed by atoms with van der Waals surface area (Å²) in [5.41, 5.74) is -1.64. The van der Waals surface area contributed by atoms with Crippen LogP contribution in [-0.2, 0) is 9.47 Å². The number of carbonyl (C=O) groups excluding carboxylic acids is 1. The average Bonchev–Trinajstić information content (AvgIpc) is 2.68. The molecule has 0 radical (unpaired) electrons. The van der Waals surface area contributed by atoms with Gasteiger partial charge in [-0.25, -0.2) is 4.79 Å². The monoisotopic (exact) mass is 321 g/mol. The van der Waals surface area contributed by atoms with Crippen LogP contribution >= 0.6 is 0 Å². The molecule has 0 bridgehead atoms. The highest BCUT2D eigenvalue weighted by molar-refractivity contribution is 5.70. The average molecular weight is 321 g/mol. The lowest BCUT2D eigenvalue weighted by Gasteiger charge is -2.42. The van der Waals surface area contributed by atoms with Crippen molar-refractivity contribution in [2.24, 2.45) is 0 Å². The Morgan fingerprint density at radius 2 is 1.83 bits per heavy atom. The fraction of sp³-hybridized carbons (Fsp3) is 0.611. The molecule has 0 aliphatic carbocycles. The van der Waals surface area contributed by atoms with E-state index in [2.05, 4.69) is 0 Å². The van der Waals surface area contributed by atoms with Crippen LogP contribution in [0.1, 0.15) is 53.2 Å². The van der Waals surface area contributed by atoms with Crippen molar-refractivity contribution in [1.82, 2.24) is 4.90 Å². The second-order valence-corrected chi connectivity index (χ2v) is 7.72. The first-order chi connectivity index (χ1) is 10.5. The highest BCUT2D eigenvalue weighted by Crippen LogP contribution is 2.43. The van der Waals surface area contributed by atoms with E-state index in [4.69, 9.17) is 9.47 Å². The van der Waals surface area contributed by atoms with E-state index in [9.17, 15) is 9.90 Å². The van der Waals surface area contributed by atoms with Gasteiger partial charge in [-0.1, -0.05) is 30.3 Å². The van der Waals surface area contributed by atoms with E-state index in [1.54, 1.807) is 13.8 Å². The topological polar surface area (TPSA) is 59.0 Å². The van der Waals surface area contributed by atoms with Crippen LogP contribution in [0.5, 0.6) is 0 Å². The van der Waals surface area contributed by atoms with Gasteiger partial charge in [-0.05, 0) is 47.1 Å². The number of carbonyl (C=O) groups is 1. The van der Waals surface area contributed by atoms with E-state index < -0.39 is 29.1 Å². The Morgan fingerprint density at radius 1 is 1.26 bits per heavy atom. The number of aliphatic hydroxyl groups is 1. The minimum atomic E-state index is -0.910. The summed E-state index contributed by atoms with van der Waals surface area (Å²) in [6, 6.07) is 9.30. The number of hydrogen-bond donors (Lipinski definition) is 1. The van der Waals surface area contributed by atoms with Crippen molar-refractivity contribution in [3.8, 4) is 0 Å². The summed E-state index contributed by atoms with van der Waals surface area (Å²) in [4.78, 5) is 14.3. The van der Waals surface area contributed by atoms with Crippen LogP contribution in [-0.4, -0.2) is 39.6 Å². The first kappa shape index (κ1) is 17.8. The molecule has 5 heteroatoms. The van der Waals surface area contributed by atoms with Crippen LogP contribution < -0.4 is 0 Å². The van der Waals surface area contributed by atoms with Gasteiger partial charge in [0.05, 0.1) is 12.1 Å². The molecule has 5 nitrogen and oxygen atoms in total. The van der Waals surface area contributed by atoms with Crippen LogP contribution in [0, 0.1) is 0 Å². The van der Waals surface area contributed by atoms with Gasteiger partial charge in [0, 0.05) is 0 Å². The van der Waals surface area contributed by atoms with Gasteiger partial charge in [0.15, 0.2) is 0 Å². The molecule has 1 aromatic rings. The molecule has 1 saturated heterocycles. The maximum atomic E-state index is 12.7. The summed E-state index contributed by atoms with van der Waals surface area (Å²) in [7, 11) is 0. The summed E-state index contributed by atoms with van der Waals surface area (Å²) < 4.78 is 11.3. The van der Waals surface area contributed by atoms with Gasteiger partial charge < -0.3 is 14.6 Å². The molecule has 1 fully saturated rings. The lowest BCUT2D eigenvalue weighted by atomic mass is 9.88. The highest BCUT2D eigenvalue weighted by Gasteiger charge is 2.56. The van der Waals surface area contributed by atoms with Crippen molar-refractivity contribution in [3.63, 3.8) is 0 Å². The maximum Gasteiger partial charge on any atom is 0.413 e. The van der Waals surface area contributed by atoms with Crippen molar-refractivity contribution in [2.45, 2.75) is 64.5 Å². The van der Waals surface area contributed by atoms with E-state index in [-0.39, 0.29) is 6.61 Å². The summed E-state index contributed by atoms with van der Waals surface area (Å²) >= 11 is 0. The largest absolute Gasteiger partial charge is 0.444 e. The van der Waals surface area contributed by atoms with E-state index in [0.717, 1.165) is 5.56 Å². The lowest BCUT2D eigenvalue weighted by Crippen LogP contribution is -2.58. The third-order valence-electron chi connectivity index (χ3n) is 4.05. The zero-order valence-corrected chi connectivity index (χ0v) is 14.8. The molecule has 2 rings (SSSR count). The summed E-state index contributed by atoms with van der Waals surface area (Å²) in [5.74, 6) is 0. The molecule has 0 spiro atoms. The Hall–Kier alpha value is -1.59. The predicted molar refractivity (Wildman–Crippen MR) is 87.9 cm³/mol. The predicted octanol–water partition coefficient (Wildman–Crippen LogP) is 3.48. The number of aliphatic hydroxyl groups excluding tert-OH is 1. The Balaban J connectivity index is 2.37. The third-order valence-corrected chi connectivity index (χ3v) is 4.05. The van der Waals surface area contributed by atoms with Gasteiger partial charge in [0.1, 0.15) is 17.4 Å². The molecule has 0 aromatic heterocycles. The lowest BCUT2D eigenvalue weighted by molar-refractivity contribution is -0.0804. The maximum absolute atomic E-state index is 12.7. The molecule has 0 saturated carbocycles. The normalized spacial score (nSPS) is 25.3. The van der Waals surface area contributed by atoms with Crippen molar-refractivity contribution in [1.29, 1.82) is 0 Å². The van der Waals surface area contributed by atoms with Gasteiger partial charge in [-0.3, -0.25) is 4.90 Å². The second-order valence-electron chi connectivity index (χ2n) is 7.72. The smallest absolute Gasteiger partial charge is 0.413 e. The van der Waals surface area contributed by atoms with Crippen LogP contribution in [0.3, 0.4) is 0 Å². The van der Waals surface area contributed by atoms with Crippen molar-refractivity contribution < 1.29 is 19.4 Å². The molecule has 1 heterocycles. The number of ether oxygens (including phenoxy) is 2. The van der Waals surface area contributed by atoms with Gasteiger partial charge in [0.2, 0.25) is 0 Å². The Kier molecular flexibility index (Phi) is 4.48. The molecule has 1 N–H and O–H groups in total. The molecule has 2 atom stereocenters. The summed E-state index contributed by atoms with van der Waals surface area (Å²) in [6.07, 6.45) is -1.37. The van der Waals surface area contributed by atoms with Gasteiger partial charge in [-0.15, -0.1) is 0 Å².